The Kier molecular flexibility index (Phi) is 4.25. The highest BCUT2D eigenvalue weighted by atomic mass is 16.5. The van der Waals surface area contributed by atoms with E-state index in [-0.39, 0.29) is 6.04 Å². The van der Waals surface area contributed by atoms with Gasteiger partial charge in [0.2, 0.25) is 0 Å². The van der Waals surface area contributed by atoms with Gasteiger partial charge in [-0.2, -0.15) is 0 Å². The summed E-state index contributed by atoms with van der Waals surface area (Å²) in [6.07, 6.45) is 5.83. The van der Waals surface area contributed by atoms with Gasteiger partial charge in [0.05, 0.1) is 12.6 Å². The van der Waals surface area contributed by atoms with Crippen molar-refractivity contribution < 1.29 is 4.74 Å². The summed E-state index contributed by atoms with van der Waals surface area (Å²) in [6, 6.07) is 2.09. The van der Waals surface area contributed by atoms with Crippen molar-refractivity contribution in [1.29, 1.82) is 0 Å². The van der Waals surface area contributed by atoms with Crippen molar-refractivity contribution >= 4 is 0 Å². The van der Waals surface area contributed by atoms with Gasteiger partial charge in [0.25, 0.3) is 0 Å². The lowest BCUT2D eigenvalue weighted by Crippen LogP contribution is -2.30. The maximum Gasteiger partial charge on any atom is 0.145 e. The number of nitrogens with one attached hydrogen (secondary N) is 1. The molecule has 0 amide bonds. The van der Waals surface area contributed by atoms with Gasteiger partial charge in [-0.3, -0.25) is 0 Å². The lowest BCUT2D eigenvalue weighted by atomic mass is 9.98. The van der Waals surface area contributed by atoms with Crippen LogP contribution in [0.3, 0.4) is 0 Å². The van der Waals surface area contributed by atoms with Gasteiger partial charge in [0.1, 0.15) is 5.82 Å². The summed E-state index contributed by atoms with van der Waals surface area (Å²) in [5.41, 5.74) is 0. The number of hydrogen-bond acceptors (Lipinski definition) is 4. The first kappa shape index (κ1) is 11.5. The lowest BCUT2D eigenvalue weighted by Gasteiger charge is -2.22. The fourth-order valence-corrected chi connectivity index (χ4v) is 2.06. The molecule has 2 heterocycles. The molecule has 88 valence electrons. The fourth-order valence-electron chi connectivity index (χ4n) is 2.06. The van der Waals surface area contributed by atoms with Gasteiger partial charge < -0.3 is 10.1 Å². The van der Waals surface area contributed by atoms with Crippen LogP contribution in [0.5, 0.6) is 0 Å². The Balaban J connectivity index is 2.07. The highest BCUT2D eigenvalue weighted by Gasteiger charge is 2.28. The van der Waals surface area contributed by atoms with Crippen molar-refractivity contribution in [3.8, 4) is 0 Å². The molecule has 2 rings (SSSR count). The molecule has 0 aliphatic carbocycles. The molecular formula is C12H19N3O. The lowest BCUT2D eigenvalue weighted by molar-refractivity contribution is 0.175. The third-order valence-corrected chi connectivity index (χ3v) is 2.91. The van der Waals surface area contributed by atoms with Gasteiger partial charge in [-0.05, 0) is 25.5 Å². The van der Waals surface area contributed by atoms with Crippen molar-refractivity contribution in [2.45, 2.75) is 25.8 Å². The number of rotatable bonds is 5. The zero-order valence-corrected chi connectivity index (χ0v) is 9.72. The summed E-state index contributed by atoms with van der Waals surface area (Å²) < 4.78 is 5.44. The molecule has 4 heteroatoms. The molecule has 0 spiro atoms. The summed E-state index contributed by atoms with van der Waals surface area (Å²) in [7, 11) is 0. The topological polar surface area (TPSA) is 47.0 Å². The Hall–Kier alpha value is -1.00. The van der Waals surface area contributed by atoms with E-state index < -0.39 is 0 Å². The predicted octanol–water partition coefficient (Wildman–Crippen LogP) is 1.55. The standard InChI is InChI=1S/C12H19N3O/c1-2-5-13-11(10-4-8-16-9-10)12-14-6-3-7-15-12/h3,6-7,10-11,13H,2,4-5,8-9H2,1H3. The molecule has 0 radical (unpaired) electrons. The number of hydrogen-bond donors (Lipinski definition) is 1. The first-order chi connectivity index (χ1) is 7.92. The van der Waals surface area contributed by atoms with Crippen LogP contribution < -0.4 is 5.32 Å². The molecule has 1 aliphatic rings. The largest absolute Gasteiger partial charge is 0.381 e. The molecule has 1 fully saturated rings. The average Bonchev–Trinajstić information content (AvgIpc) is 2.85. The molecule has 2 atom stereocenters. The molecule has 1 aromatic heterocycles. The molecule has 2 unspecified atom stereocenters. The average molecular weight is 221 g/mol. The van der Waals surface area contributed by atoms with Crippen molar-refractivity contribution in [2.24, 2.45) is 5.92 Å². The van der Waals surface area contributed by atoms with Crippen LogP contribution in [0.2, 0.25) is 0 Å². The van der Waals surface area contributed by atoms with Crippen LogP contribution in [0.1, 0.15) is 31.6 Å². The molecule has 4 nitrogen and oxygen atoms in total. The third-order valence-electron chi connectivity index (χ3n) is 2.91. The Morgan fingerprint density at radius 2 is 2.31 bits per heavy atom. The summed E-state index contributed by atoms with van der Waals surface area (Å²) in [6.45, 7) is 4.85. The van der Waals surface area contributed by atoms with E-state index in [0.29, 0.717) is 5.92 Å². The second kappa shape index (κ2) is 5.92. The van der Waals surface area contributed by atoms with Crippen LogP contribution in [0.4, 0.5) is 0 Å². The normalized spacial score (nSPS) is 22.2. The van der Waals surface area contributed by atoms with Crippen molar-refractivity contribution in [2.75, 3.05) is 19.8 Å². The SMILES string of the molecule is CCCNC(c1ncccn1)C1CCOC1. The molecule has 1 saturated heterocycles. The molecule has 0 aromatic carbocycles. The van der Waals surface area contributed by atoms with E-state index in [1.54, 1.807) is 12.4 Å². The van der Waals surface area contributed by atoms with Crippen molar-refractivity contribution in [1.82, 2.24) is 15.3 Å². The summed E-state index contributed by atoms with van der Waals surface area (Å²) >= 11 is 0. The third kappa shape index (κ3) is 2.77. The van der Waals surface area contributed by atoms with E-state index >= 15 is 0 Å². The molecule has 0 bridgehead atoms. The monoisotopic (exact) mass is 221 g/mol. The van der Waals surface area contributed by atoms with Gasteiger partial charge in [0.15, 0.2) is 0 Å². The minimum Gasteiger partial charge on any atom is -0.381 e. The van der Waals surface area contributed by atoms with E-state index in [0.717, 1.165) is 38.4 Å². The second-order valence-electron chi connectivity index (χ2n) is 4.16. The van der Waals surface area contributed by atoms with Crippen LogP contribution in [0.15, 0.2) is 18.5 Å². The second-order valence-corrected chi connectivity index (χ2v) is 4.16. The van der Waals surface area contributed by atoms with E-state index in [2.05, 4.69) is 22.2 Å². The van der Waals surface area contributed by atoms with Crippen LogP contribution >= 0.6 is 0 Å². The minimum atomic E-state index is 0.239. The van der Waals surface area contributed by atoms with Crippen LogP contribution in [0.25, 0.3) is 0 Å². The molecule has 1 N–H and O–H groups in total. The highest BCUT2D eigenvalue weighted by Crippen LogP contribution is 2.26. The van der Waals surface area contributed by atoms with Crippen LogP contribution in [-0.4, -0.2) is 29.7 Å². The molecule has 1 aliphatic heterocycles. The van der Waals surface area contributed by atoms with Crippen molar-refractivity contribution in [3.05, 3.63) is 24.3 Å². The van der Waals surface area contributed by atoms with E-state index in [4.69, 9.17) is 4.74 Å². The molecule has 16 heavy (non-hydrogen) atoms. The first-order valence-electron chi connectivity index (χ1n) is 6.00. The highest BCUT2D eigenvalue weighted by molar-refractivity contribution is 4.99. The quantitative estimate of drug-likeness (QED) is 0.819. The minimum absolute atomic E-state index is 0.239. The number of ether oxygens (including phenoxy) is 1. The Morgan fingerprint density at radius 3 is 2.94 bits per heavy atom. The van der Waals surface area contributed by atoms with Crippen LogP contribution in [-0.2, 0) is 4.74 Å². The Morgan fingerprint density at radius 1 is 1.50 bits per heavy atom. The Labute approximate surface area is 96.4 Å². The van der Waals surface area contributed by atoms with Crippen LogP contribution in [0, 0.1) is 5.92 Å². The molecule has 0 saturated carbocycles. The molecular weight excluding hydrogens is 202 g/mol. The van der Waals surface area contributed by atoms with Gasteiger partial charge >= 0.3 is 0 Å². The van der Waals surface area contributed by atoms with Gasteiger partial charge in [0, 0.05) is 24.9 Å². The van der Waals surface area contributed by atoms with Gasteiger partial charge in [-0.15, -0.1) is 0 Å². The van der Waals surface area contributed by atoms with Gasteiger partial charge in [-0.1, -0.05) is 6.92 Å². The van der Waals surface area contributed by atoms with E-state index in [9.17, 15) is 0 Å². The predicted molar refractivity (Wildman–Crippen MR) is 62.0 cm³/mol. The summed E-state index contributed by atoms with van der Waals surface area (Å²) in [4.78, 5) is 8.69. The van der Waals surface area contributed by atoms with E-state index in [1.807, 2.05) is 6.07 Å². The zero-order chi connectivity index (χ0) is 11.2. The van der Waals surface area contributed by atoms with Crippen molar-refractivity contribution in [3.63, 3.8) is 0 Å². The first-order valence-corrected chi connectivity index (χ1v) is 6.00. The number of nitrogens with zero attached hydrogens (tertiary/aromatic N) is 2. The summed E-state index contributed by atoms with van der Waals surface area (Å²) in [5.74, 6) is 1.40. The maximum atomic E-state index is 5.44. The maximum absolute atomic E-state index is 5.44. The summed E-state index contributed by atoms with van der Waals surface area (Å²) in [5, 5.41) is 3.52. The smallest absolute Gasteiger partial charge is 0.145 e. The zero-order valence-electron chi connectivity index (χ0n) is 9.72. The fraction of sp³-hybridized carbons (Fsp3) is 0.667. The Bertz CT molecular complexity index is 298. The molecule has 1 aromatic rings. The number of aromatic nitrogens is 2. The van der Waals surface area contributed by atoms with Gasteiger partial charge in [-0.25, -0.2) is 9.97 Å². The van der Waals surface area contributed by atoms with E-state index in [1.165, 1.54) is 0 Å².